The molecule has 0 aromatic heterocycles. The van der Waals surface area contributed by atoms with Crippen LogP contribution in [0.15, 0.2) is 36.4 Å². The molecule has 0 saturated carbocycles. The van der Waals surface area contributed by atoms with Gasteiger partial charge in [-0.2, -0.15) is 0 Å². The van der Waals surface area contributed by atoms with Crippen LogP contribution in [-0.4, -0.2) is 32.7 Å². The predicted molar refractivity (Wildman–Crippen MR) is 99.3 cm³/mol. The van der Waals surface area contributed by atoms with E-state index in [0.717, 1.165) is 41.4 Å². The van der Waals surface area contributed by atoms with Crippen LogP contribution in [0.4, 0.5) is 0 Å². The molecule has 140 valence electrons. The zero-order valence-electron chi connectivity index (χ0n) is 15.5. The molecule has 2 atom stereocenters. The van der Waals surface area contributed by atoms with Gasteiger partial charge in [-0.25, -0.2) is 0 Å². The Balaban J connectivity index is 1.68. The van der Waals surface area contributed by atoms with Crippen LogP contribution in [-0.2, 0) is 12.8 Å². The molecule has 0 fully saturated rings. The average molecular weight is 358 g/mol. The third kappa shape index (κ3) is 4.05. The maximum atomic E-state index is 9.91. The van der Waals surface area contributed by atoms with E-state index in [1.807, 2.05) is 36.4 Å². The van der Waals surface area contributed by atoms with Gasteiger partial charge in [0.05, 0.1) is 14.2 Å². The molecule has 26 heavy (non-hydrogen) atoms. The quantitative estimate of drug-likeness (QED) is 0.783. The van der Waals surface area contributed by atoms with Crippen molar-refractivity contribution >= 4 is 0 Å². The van der Waals surface area contributed by atoms with Crippen LogP contribution in [0.1, 0.15) is 18.1 Å². The van der Waals surface area contributed by atoms with Gasteiger partial charge in [-0.3, -0.25) is 0 Å². The maximum absolute atomic E-state index is 9.91. The van der Waals surface area contributed by atoms with Gasteiger partial charge >= 0.3 is 0 Å². The number of benzene rings is 2. The van der Waals surface area contributed by atoms with Gasteiger partial charge in [-0.15, -0.1) is 0 Å². The second-order valence-corrected chi connectivity index (χ2v) is 6.71. The van der Waals surface area contributed by atoms with Gasteiger partial charge in [0.15, 0.2) is 23.0 Å². The molecule has 2 aromatic rings. The zero-order chi connectivity index (χ0) is 18.5. The first-order valence-corrected chi connectivity index (χ1v) is 8.85. The van der Waals surface area contributed by atoms with Crippen molar-refractivity contribution < 1.29 is 24.1 Å². The molecule has 1 aliphatic rings. The summed E-state index contributed by atoms with van der Waals surface area (Å²) >= 11 is 0. The summed E-state index contributed by atoms with van der Waals surface area (Å²) in [4.78, 5) is 0. The second kappa shape index (κ2) is 8.32. The van der Waals surface area contributed by atoms with Crippen LogP contribution in [0.5, 0.6) is 23.0 Å². The standard InChI is InChI=1S/C21H26O5/c1-14(8-15-4-6-18(23-2)20(10-15)24-3)17(12-22)9-16-5-7-19-21(11-16)26-13-25-19/h4-7,10-11,14,17,22H,8-9,12-13H2,1-3H3/t14-,17-/m0/s1. The van der Waals surface area contributed by atoms with E-state index in [4.69, 9.17) is 18.9 Å². The lowest BCUT2D eigenvalue weighted by Crippen LogP contribution is -2.20. The molecule has 0 aliphatic carbocycles. The number of hydrogen-bond donors (Lipinski definition) is 1. The molecule has 1 heterocycles. The summed E-state index contributed by atoms with van der Waals surface area (Å²) in [6, 6.07) is 12.0. The van der Waals surface area contributed by atoms with Crippen molar-refractivity contribution in [3.63, 3.8) is 0 Å². The Labute approximate surface area is 154 Å². The SMILES string of the molecule is COc1ccc(C[C@H](C)[C@H](CO)Cc2ccc3c(c2)OCO3)cc1OC. The minimum atomic E-state index is 0.142. The number of hydrogen-bond acceptors (Lipinski definition) is 5. The van der Waals surface area contributed by atoms with Gasteiger partial charge in [-0.1, -0.05) is 19.1 Å². The van der Waals surface area contributed by atoms with E-state index >= 15 is 0 Å². The van der Waals surface area contributed by atoms with E-state index in [1.165, 1.54) is 5.56 Å². The summed E-state index contributed by atoms with van der Waals surface area (Å²) in [5.41, 5.74) is 2.31. The average Bonchev–Trinajstić information content (AvgIpc) is 3.13. The van der Waals surface area contributed by atoms with Crippen molar-refractivity contribution in [1.82, 2.24) is 0 Å². The van der Waals surface area contributed by atoms with Gasteiger partial charge in [0, 0.05) is 6.61 Å². The highest BCUT2D eigenvalue weighted by molar-refractivity contribution is 5.45. The van der Waals surface area contributed by atoms with Crippen LogP contribution < -0.4 is 18.9 Å². The fourth-order valence-electron chi connectivity index (χ4n) is 3.36. The van der Waals surface area contributed by atoms with Crippen molar-refractivity contribution in [2.75, 3.05) is 27.6 Å². The van der Waals surface area contributed by atoms with Crippen molar-refractivity contribution in [1.29, 1.82) is 0 Å². The summed E-state index contributed by atoms with van der Waals surface area (Å²) in [5, 5.41) is 9.91. The molecule has 2 aromatic carbocycles. The zero-order valence-corrected chi connectivity index (χ0v) is 15.5. The summed E-state index contributed by atoms with van der Waals surface area (Å²) in [5.74, 6) is 3.49. The highest BCUT2D eigenvalue weighted by Gasteiger charge is 2.20. The van der Waals surface area contributed by atoms with Crippen molar-refractivity contribution in [2.24, 2.45) is 11.8 Å². The van der Waals surface area contributed by atoms with E-state index in [0.29, 0.717) is 5.92 Å². The van der Waals surface area contributed by atoms with Gasteiger partial charge in [0.2, 0.25) is 6.79 Å². The largest absolute Gasteiger partial charge is 0.493 e. The van der Waals surface area contributed by atoms with Gasteiger partial charge in [0.25, 0.3) is 0 Å². The predicted octanol–water partition coefficient (Wildman–Crippen LogP) is 3.46. The van der Waals surface area contributed by atoms with Crippen LogP contribution in [0.2, 0.25) is 0 Å². The highest BCUT2D eigenvalue weighted by Crippen LogP contribution is 2.34. The Bertz CT molecular complexity index is 743. The lowest BCUT2D eigenvalue weighted by molar-refractivity contribution is 0.173. The fourth-order valence-corrected chi connectivity index (χ4v) is 3.36. The molecule has 0 bridgehead atoms. The Morgan fingerprint density at radius 1 is 0.923 bits per heavy atom. The highest BCUT2D eigenvalue weighted by atomic mass is 16.7. The number of fused-ring (bicyclic) bond motifs is 1. The molecule has 0 saturated heterocycles. The molecule has 1 aliphatic heterocycles. The monoisotopic (exact) mass is 358 g/mol. The first-order valence-electron chi connectivity index (χ1n) is 8.85. The lowest BCUT2D eigenvalue weighted by Gasteiger charge is -2.23. The van der Waals surface area contributed by atoms with Crippen molar-refractivity contribution in [2.45, 2.75) is 19.8 Å². The molecule has 5 heteroatoms. The molecule has 0 radical (unpaired) electrons. The first kappa shape index (κ1) is 18.4. The number of aliphatic hydroxyl groups is 1. The minimum absolute atomic E-state index is 0.142. The molecule has 0 amide bonds. The van der Waals surface area contributed by atoms with E-state index in [9.17, 15) is 5.11 Å². The summed E-state index contributed by atoms with van der Waals surface area (Å²) in [7, 11) is 3.27. The Hall–Kier alpha value is -2.40. The molecule has 1 N–H and O–H groups in total. The van der Waals surface area contributed by atoms with Crippen molar-refractivity contribution in [3.8, 4) is 23.0 Å². The lowest BCUT2D eigenvalue weighted by atomic mass is 9.84. The molecular weight excluding hydrogens is 332 g/mol. The van der Waals surface area contributed by atoms with Crippen molar-refractivity contribution in [3.05, 3.63) is 47.5 Å². The smallest absolute Gasteiger partial charge is 0.231 e. The van der Waals surface area contributed by atoms with E-state index in [2.05, 4.69) is 6.92 Å². The summed E-state index contributed by atoms with van der Waals surface area (Å²) in [6.45, 7) is 2.59. The van der Waals surface area contributed by atoms with Crippen LogP contribution in [0.3, 0.4) is 0 Å². The number of methoxy groups -OCH3 is 2. The van der Waals surface area contributed by atoms with Crippen LogP contribution in [0.25, 0.3) is 0 Å². The van der Waals surface area contributed by atoms with Crippen LogP contribution in [0, 0.1) is 11.8 Å². The third-order valence-electron chi connectivity index (χ3n) is 4.98. The van der Waals surface area contributed by atoms with Gasteiger partial charge in [-0.05, 0) is 60.1 Å². The summed E-state index contributed by atoms with van der Waals surface area (Å²) in [6.07, 6.45) is 1.65. The second-order valence-electron chi connectivity index (χ2n) is 6.71. The number of aliphatic hydroxyl groups excluding tert-OH is 1. The van der Waals surface area contributed by atoms with E-state index < -0.39 is 0 Å². The third-order valence-corrected chi connectivity index (χ3v) is 4.98. The number of rotatable bonds is 8. The minimum Gasteiger partial charge on any atom is -0.493 e. The fraction of sp³-hybridized carbons (Fsp3) is 0.429. The maximum Gasteiger partial charge on any atom is 0.231 e. The van der Waals surface area contributed by atoms with Gasteiger partial charge < -0.3 is 24.1 Å². The molecule has 5 nitrogen and oxygen atoms in total. The molecule has 0 unspecified atom stereocenters. The van der Waals surface area contributed by atoms with E-state index in [1.54, 1.807) is 14.2 Å². The molecule has 3 rings (SSSR count). The number of ether oxygens (including phenoxy) is 4. The van der Waals surface area contributed by atoms with E-state index in [-0.39, 0.29) is 19.3 Å². The normalized spacial score (nSPS) is 14.8. The Morgan fingerprint density at radius 3 is 2.35 bits per heavy atom. The first-order chi connectivity index (χ1) is 12.6. The molecule has 0 spiro atoms. The summed E-state index contributed by atoms with van der Waals surface area (Å²) < 4.78 is 21.5. The molecular formula is C21H26O5. The van der Waals surface area contributed by atoms with Crippen LogP contribution >= 0.6 is 0 Å². The van der Waals surface area contributed by atoms with Gasteiger partial charge in [0.1, 0.15) is 0 Å². The topological polar surface area (TPSA) is 57.2 Å². The Kier molecular flexibility index (Phi) is 5.89. The Morgan fingerprint density at radius 2 is 1.62 bits per heavy atom.